The number of carboxylic acids is 2. The maximum absolute atomic E-state index is 12.8. The van der Waals surface area contributed by atoms with Gasteiger partial charge in [0.2, 0.25) is 0 Å². The summed E-state index contributed by atoms with van der Waals surface area (Å²) in [6.45, 7) is 0. The SMILES string of the molecule is O=C(O)C(F)(F)F.O=C(O)c1c[nH]c2ccc(F)cc12. The number of H-pyrrole nitrogens is 1. The third kappa shape index (κ3) is 3.70. The van der Waals surface area contributed by atoms with E-state index >= 15 is 0 Å². The minimum absolute atomic E-state index is 0.0921. The summed E-state index contributed by atoms with van der Waals surface area (Å²) in [7, 11) is 0. The molecule has 1 aromatic heterocycles. The lowest BCUT2D eigenvalue weighted by Crippen LogP contribution is -2.21. The van der Waals surface area contributed by atoms with E-state index in [0.717, 1.165) is 0 Å². The highest BCUT2D eigenvalue weighted by Crippen LogP contribution is 2.18. The van der Waals surface area contributed by atoms with Gasteiger partial charge in [0.1, 0.15) is 5.82 Å². The third-order valence-corrected chi connectivity index (χ3v) is 2.12. The zero-order valence-electron chi connectivity index (χ0n) is 9.53. The lowest BCUT2D eigenvalue weighted by Gasteiger charge is -1.93. The fourth-order valence-corrected chi connectivity index (χ4v) is 1.27. The average Bonchev–Trinajstić information content (AvgIpc) is 2.71. The molecule has 0 spiro atoms. The van der Waals surface area contributed by atoms with E-state index in [4.69, 9.17) is 15.0 Å². The van der Waals surface area contributed by atoms with Gasteiger partial charge in [0.25, 0.3) is 0 Å². The predicted molar refractivity (Wildman–Crippen MR) is 58.9 cm³/mol. The summed E-state index contributed by atoms with van der Waals surface area (Å²) in [4.78, 5) is 22.3. The second kappa shape index (κ2) is 5.59. The Morgan fingerprint density at radius 3 is 2.15 bits per heavy atom. The highest BCUT2D eigenvalue weighted by Gasteiger charge is 2.38. The lowest BCUT2D eigenvalue weighted by atomic mass is 10.2. The fourth-order valence-electron chi connectivity index (χ4n) is 1.27. The van der Waals surface area contributed by atoms with Crippen LogP contribution in [0.25, 0.3) is 10.9 Å². The molecule has 108 valence electrons. The van der Waals surface area contributed by atoms with Crippen LogP contribution < -0.4 is 0 Å². The average molecular weight is 293 g/mol. The fraction of sp³-hybridized carbons (Fsp3) is 0.0909. The number of nitrogens with one attached hydrogen (secondary N) is 1. The van der Waals surface area contributed by atoms with Crippen molar-refractivity contribution in [1.82, 2.24) is 4.98 Å². The molecule has 0 radical (unpaired) electrons. The van der Waals surface area contributed by atoms with Crippen molar-refractivity contribution < 1.29 is 37.4 Å². The number of aromatic carboxylic acids is 1. The number of benzene rings is 1. The second-order valence-electron chi connectivity index (χ2n) is 3.50. The van der Waals surface area contributed by atoms with Crippen LogP contribution in [0.3, 0.4) is 0 Å². The van der Waals surface area contributed by atoms with E-state index in [2.05, 4.69) is 4.98 Å². The molecule has 5 nitrogen and oxygen atoms in total. The third-order valence-electron chi connectivity index (χ3n) is 2.12. The molecule has 0 saturated heterocycles. The van der Waals surface area contributed by atoms with E-state index in [1.807, 2.05) is 0 Å². The van der Waals surface area contributed by atoms with Gasteiger partial charge in [-0.1, -0.05) is 0 Å². The maximum Gasteiger partial charge on any atom is 0.490 e. The van der Waals surface area contributed by atoms with Crippen LogP contribution in [0.4, 0.5) is 17.6 Å². The summed E-state index contributed by atoms with van der Waals surface area (Å²) in [5.74, 6) is -4.25. The lowest BCUT2D eigenvalue weighted by molar-refractivity contribution is -0.192. The number of hydrogen-bond acceptors (Lipinski definition) is 2. The predicted octanol–water partition coefficient (Wildman–Crippen LogP) is 2.64. The Balaban J connectivity index is 0.000000246. The van der Waals surface area contributed by atoms with Crippen LogP contribution in [0.5, 0.6) is 0 Å². The van der Waals surface area contributed by atoms with Gasteiger partial charge in [0.15, 0.2) is 0 Å². The van der Waals surface area contributed by atoms with Crippen molar-refractivity contribution >= 4 is 22.8 Å². The molecular formula is C11H7F4NO4. The van der Waals surface area contributed by atoms with Crippen molar-refractivity contribution in [2.75, 3.05) is 0 Å². The van der Waals surface area contributed by atoms with E-state index in [1.165, 1.54) is 24.4 Å². The number of rotatable bonds is 1. The first kappa shape index (κ1) is 15.5. The zero-order valence-corrected chi connectivity index (χ0v) is 9.53. The first-order valence-electron chi connectivity index (χ1n) is 4.93. The van der Waals surface area contributed by atoms with Crippen molar-refractivity contribution in [3.8, 4) is 0 Å². The number of carboxylic acid groups (broad SMARTS) is 2. The molecule has 2 rings (SSSR count). The second-order valence-corrected chi connectivity index (χ2v) is 3.50. The van der Waals surface area contributed by atoms with E-state index < -0.39 is 23.9 Å². The van der Waals surface area contributed by atoms with Gasteiger partial charge in [-0.2, -0.15) is 13.2 Å². The molecule has 0 aliphatic carbocycles. The minimum Gasteiger partial charge on any atom is -0.478 e. The summed E-state index contributed by atoms with van der Waals surface area (Å²) in [6, 6.07) is 4.00. The Kier molecular flexibility index (Phi) is 4.33. The van der Waals surface area contributed by atoms with E-state index in [9.17, 15) is 22.4 Å². The Bertz CT molecular complexity index is 647. The number of alkyl halides is 3. The number of halogens is 4. The summed E-state index contributed by atoms with van der Waals surface area (Å²) in [6.07, 6.45) is -3.73. The van der Waals surface area contributed by atoms with Crippen LogP contribution in [0.1, 0.15) is 10.4 Å². The molecule has 0 unspecified atom stereocenters. The molecule has 3 N–H and O–H groups in total. The van der Waals surface area contributed by atoms with Gasteiger partial charge in [0, 0.05) is 17.1 Å². The molecule has 0 aliphatic rings. The smallest absolute Gasteiger partial charge is 0.478 e. The molecule has 0 atom stereocenters. The van der Waals surface area contributed by atoms with Crippen LogP contribution >= 0.6 is 0 Å². The van der Waals surface area contributed by atoms with Gasteiger partial charge < -0.3 is 15.2 Å². The van der Waals surface area contributed by atoms with E-state index in [1.54, 1.807) is 0 Å². The number of aromatic amines is 1. The Hall–Kier alpha value is -2.58. The molecule has 2 aromatic rings. The quantitative estimate of drug-likeness (QED) is 0.705. The molecule has 0 bridgehead atoms. The van der Waals surface area contributed by atoms with Gasteiger partial charge in [-0.3, -0.25) is 0 Å². The number of aromatic nitrogens is 1. The Morgan fingerprint density at radius 1 is 1.15 bits per heavy atom. The van der Waals surface area contributed by atoms with Gasteiger partial charge in [-0.15, -0.1) is 0 Å². The summed E-state index contributed by atoms with van der Waals surface area (Å²) in [5.41, 5.74) is 0.716. The molecule has 0 amide bonds. The monoisotopic (exact) mass is 293 g/mol. The molecule has 20 heavy (non-hydrogen) atoms. The maximum atomic E-state index is 12.8. The highest BCUT2D eigenvalue weighted by atomic mass is 19.4. The summed E-state index contributed by atoms with van der Waals surface area (Å²) in [5, 5.41) is 16.2. The molecule has 0 aliphatic heterocycles. The van der Waals surface area contributed by atoms with Crippen molar-refractivity contribution in [2.45, 2.75) is 6.18 Å². The van der Waals surface area contributed by atoms with Crippen molar-refractivity contribution in [3.05, 3.63) is 35.8 Å². The topological polar surface area (TPSA) is 90.4 Å². The first-order chi connectivity index (χ1) is 9.12. The number of hydrogen-bond donors (Lipinski definition) is 3. The Morgan fingerprint density at radius 2 is 1.70 bits per heavy atom. The van der Waals surface area contributed by atoms with Crippen LogP contribution in [0.15, 0.2) is 24.4 Å². The zero-order chi connectivity index (χ0) is 15.5. The largest absolute Gasteiger partial charge is 0.490 e. The standard InChI is InChI=1S/C9H6FNO2.C2HF3O2/c10-5-1-2-8-6(3-5)7(4-11-8)9(12)13;3-2(4,5)1(6)7/h1-4,11H,(H,12,13);(H,6,7). The number of carbonyl (C=O) groups is 2. The number of fused-ring (bicyclic) bond motifs is 1. The van der Waals surface area contributed by atoms with E-state index in [-0.39, 0.29) is 5.56 Å². The van der Waals surface area contributed by atoms with E-state index in [0.29, 0.717) is 10.9 Å². The summed E-state index contributed by atoms with van der Waals surface area (Å²) >= 11 is 0. The molecule has 0 saturated carbocycles. The molecule has 9 heteroatoms. The van der Waals surface area contributed by atoms with Gasteiger partial charge >= 0.3 is 18.1 Å². The Labute approximate surface area is 108 Å². The van der Waals surface area contributed by atoms with Crippen molar-refractivity contribution in [3.63, 3.8) is 0 Å². The van der Waals surface area contributed by atoms with Crippen molar-refractivity contribution in [1.29, 1.82) is 0 Å². The molecular weight excluding hydrogens is 286 g/mol. The highest BCUT2D eigenvalue weighted by molar-refractivity contribution is 6.03. The van der Waals surface area contributed by atoms with Crippen LogP contribution in [-0.4, -0.2) is 33.3 Å². The molecule has 0 fully saturated rings. The summed E-state index contributed by atoms with van der Waals surface area (Å²) < 4.78 is 44.5. The van der Waals surface area contributed by atoms with Gasteiger partial charge in [-0.05, 0) is 18.2 Å². The first-order valence-corrected chi connectivity index (χ1v) is 4.93. The van der Waals surface area contributed by atoms with Crippen LogP contribution in [0.2, 0.25) is 0 Å². The molecule has 1 heterocycles. The number of aliphatic carboxylic acids is 1. The normalized spacial score (nSPS) is 10.8. The molecule has 1 aromatic carbocycles. The van der Waals surface area contributed by atoms with Gasteiger partial charge in [0.05, 0.1) is 5.56 Å². The van der Waals surface area contributed by atoms with Gasteiger partial charge in [-0.25, -0.2) is 14.0 Å². The van der Waals surface area contributed by atoms with Crippen LogP contribution in [-0.2, 0) is 4.79 Å². The van der Waals surface area contributed by atoms with Crippen molar-refractivity contribution in [2.24, 2.45) is 0 Å². The van der Waals surface area contributed by atoms with Crippen LogP contribution in [0, 0.1) is 5.82 Å². The minimum atomic E-state index is -5.08.